The highest BCUT2D eigenvalue weighted by Crippen LogP contribution is 2.38. The molecule has 0 radical (unpaired) electrons. The normalized spacial score (nSPS) is 37.8. The van der Waals surface area contributed by atoms with Crippen molar-refractivity contribution < 1.29 is 77.6 Å². The summed E-state index contributed by atoms with van der Waals surface area (Å²) in [6.45, 7) is 12.9. The van der Waals surface area contributed by atoms with Crippen LogP contribution in [0.5, 0.6) is 0 Å². The average Bonchev–Trinajstić information content (AvgIpc) is 3.38. The predicted octanol–water partition coefficient (Wildman–Crippen LogP) is 5.72. The number of alkyl carbamates (subject to hydrolysis) is 1. The van der Waals surface area contributed by atoms with Crippen molar-refractivity contribution >= 4 is 29.5 Å². The number of aliphatic hydroxyl groups excluding tert-OH is 3. The topological polar surface area (TPSA) is 246 Å². The minimum atomic E-state index is -2.51. The summed E-state index contributed by atoms with van der Waals surface area (Å²) in [6.07, 6.45) is 9.81. The second-order valence-corrected chi connectivity index (χ2v) is 21.4. The molecular weight excluding hydrogens is 957 g/mol. The third-order valence-electron chi connectivity index (χ3n) is 15.6. The number of ether oxygens (including phenoxy) is 7. The lowest BCUT2D eigenvalue weighted by Crippen LogP contribution is -2.61. The fourth-order valence-corrected chi connectivity index (χ4v) is 11.0. The second kappa shape index (κ2) is 30.8. The van der Waals surface area contributed by atoms with Gasteiger partial charge in [-0.05, 0) is 107 Å². The third-order valence-corrected chi connectivity index (χ3v) is 15.6. The largest absolute Gasteiger partial charge is 0.460 e. The van der Waals surface area contributed by atoms with Crippen molar-refractivity contribution in [3.05, 3.63) is 47.6 Å². The number of allylic oxidation sites excluding steroid dienone is 5. The van der Waals surface area contributed by atoms with Gasteiger partial charge in [-0.1, -0.05) is 71.1 Å². The maximum atomic E-state index is 14.6. The van der Waals surface area contributed by atoms with E-state index in [1.54, 1.807) is 34.0 Å². The number of fused-ring (bicyclic) bond motifs is 3. The average molecular weight is 1050 g/mol. The lowest BCUT2D eigenvalue weighted by atomic mass is 9.78. The number of carbonyl (C=O) groups is 5. The first kappa shape index (κ1) is 62.7. The van der Waals surface area contributed by atoms with Gasteiger partial charge in [0.15, 0.2) is 5.78 Å². The summed E-state index contributed by atoms with van der Waals surface area (Å²) >= 11 is 0. The van der Waals surface area contributed by atoms with Crippen LogP contribution in [0.25, 0.3) is 0 Å². The Morgan fingerprint density at radius 2 is 1.61 bits per heavy atom. The first-order chi connectivity index (χ1) is 35.2. The van der Waals surface area contributed by atoms with Crippen LogP contribution in [-0.4, -0.2) is 170 Å². The molecule has 1 saturated carbocycles. The van der Waals surface area contributed by atoms with Gasteiger partial charge >= 0.3 is 12.1 Å². The molecule has 0 spiro atoms. The molecule has 3 unspecified atom stereocenters. The van der Waals surface area contributed by atoms with E-state index in [0.29, 0.717) is 56.9 Å². The number of cyclic esters (lactones) is 1. The number of hydrogen-bond donors (Lipinski definition) is 5. The fraction of sp³-hybridized carbons (Fsp3) is 0.768. The maximum Gasteiger partial charge on any atom is 0.406 e. The fourth-order valence-electron chi connectivity index (χ4n) is 11.0. The highest BCUT2D eigenvalue weighted by Gasteiger charge is 2.53. The minimum absolute atomic E-state index is 0.00651. The molecule has 2 amide bonds. The molecule has 2 saturated heterocycles. The number of Topliss-reactive ketones (excluding diaryl/α,β-unsaturated/α-hetero) is 2. The van der Waals surface area contributed by atoms with Crippen LogP contribution in [0.3, 0.4) is 0 Å². The molecule has 18 heteroatoms. The third kappa shape index (κ3) is 17.9. The summed E-state index contributed by atoms with van der Waals surface area (Å²) in [5, 5.41) is 47.4. The second-order valence-electron chi connectivity index (χ2n) is 21.4. The van der Waals surface area contributed by atoms with Crippen LogP contribution in [0.1, 0.15) is 126 Å². The van der Waals surface area contributed by atoms with Crippen LogP contribution in [-0.2, 0) is 52.3 Å². The van der Waals surface area contributed by atoms with Crippen molar-refractivity contribution in [1.29, 1.82) is 0 Å². The lowest BCUT2D eigenvalue weighted by molar-refractivity contribution is -0.266. The molecule has 4 rings (SSSR count). The number of rotatable bonds is 12. The van der Waals surface area contributed by atoms with E-state index >= 15 is 0 Å². The Balaban J connectivity index is 1.71. The summed E-state index contributed by atoms with van der Waals surface area (Å²) in [7, 11) is 4.46. The van der Waals surface area contributed by atoms with E-state index in [1.165, 1.54) is 19.1 Å². The van der Waals surface area contributed by atoms with Crippen molar-refractivity contribution in [2.24, 2.45) is 35.5 Å². The number of ketones is 2. The summed E-state index contributed by atoms with van der Waals surface area (Å²) < 4.78 is 41.3. The number of nitrogens with one attached hydrogen (secondary N) is 1. The Bertz CT molecular complexity index is 1940. The van der Waals surface area contributed by atoms with Crippen LogP contribution in [0.15, 0.2) is 47.6 Å². The van der Waals surface area contributed by atoms with Gasteiger partial charge < -0.3 is 63.8 Å². The van der Waals surface area contributed by atoms with Crippen molar-refractivity contribution in [3.8, 4) is 0 Å². The summed E-state index contributed by atoms with van der Waals surface area (Å²) in [4.78, 5) is 70.3. The molecule has 0 aromatic rings. The first-order valence-corrected chi connectivity index (χ1v) is 27.0. The molecule has 0 aromatic heterocycles. The van der Waals surface area contributed by atoms with Crippen LogP contribution in [0, 0.1) is 35.5 Å². The molecule has 420 valence electrons. The molecule has 16 atom stereocenters. The van der Waals surface area contributed by atoms with Crippen molar-refractivity contribution in [1.82, 2.24) is 10.2 Å². The van der Waals surface area contributed by atoms with Crippen LogP contribution < -0.4 is 5.32 Å². The zero-order valence-corrected chi connectivity index (χ0v) is 45.8. The van der Waals surface area contributed by atoms with Gasteiger partial charge in [0.25, 0.3) is 11.7 Å². The number of aliphatic hydroxyl groups is 4. The van der Waals surface area contributed by atoms with Crippen LogP contribution in [0.4, 0.5) is 4.79 Å². The van der Waals surface area contributed by atoms with E-state index in [9.17, 15) is 44.4 Å². The number of hydrogen-bond acceptors (Lipinski definition) is 16. The smallest absolute Gasteiger partial charge is 0.406 e. The zero-order valence-electron chi connectivity index (χ0n) is 45.8. The van der Waals surface area contributed by atoms with Crippen molar-refractivity contribution in [2.45, 2.75) is 186 Å². The first-order valence-electron chi connectivity index (χ1n) is 27.0. The van der Waals surface area contributed by atoms with E-state index in [2.05, 4.69) is 5.32 Å². The summed E-state index contributed by atoms with van der Waals surface area (Å²) in [5.41, 5.74) is 1.20. The SMILES string of the molecule is CNC(=O)OCCO[C@H]1C[C@@H]2CC[C@@H](C)[C@@](O)(O2)C(=O)C(=O)N2CCCC[C@H]2C(=O)OC([C@H](C)CC2CC[C@@H](OCCO)[C@H](OC)C2)CC(O)[C@H](C)/C=C(\C)[C@@H](O)[C@@H](OC)C(=O)[C@H](C)C[C@H](C)/C=C/C=C/C=C/1C. The molecule has 18 nitrogen and oxygen atoms in total. The highest BCUT2D eigenvalue weighted by atomic mass is 16.6. The predicted molar refractivity (Wildman–Crippen MR) is 276 cm³/mol. The Kier molecular flexibility index (Phi) is 26.1. The van der Waals surface area contributed by atoms with Crippen LogP contribution >= 0.6 is 0 Å². The molecule has 5 N–H and O–H groups in total. The Hall–Kier alpha value is -3.85. The molecular formula is C56H90N2O16. The van der Waals surface area contributed by atoms with Gasteiger partial charge in [-0.2, -0.15) is 0 Å². The van der Waals surface area contributed by atoms with E-state index in [4.69, 9.17) is 33.2 Å². The Morgan fingerprint density at radius 1 is 0.865 bits per heavy atom. The summed E-state index contributed by atoms with van der Waals surface area (Å²) in [6, 6.07) is -1.16. The van der Waals surface area contributed by atoms with E-state index in [1.807, 2.05) is 58.1 Å². The Morgan fingerprint density at radius 3 is 2.30 bits per heavy atom. The minimum Gasteiger partial charge on any atom is -0.460 e. The van der Waals surface area contributed by atoms with Crippen molar-refractivity contribution in [2.75, 3.05) is 54.2 Å². The monoisotopic (exact) mass is 1050 g/mol. The summed E-state index contributed by atoms with van der Waals surface area (Å²) in [5.74, 6) is -7.74. The maximum absolute atomic E-state index is 14.6. The molecule has 3 aliphatic heterocycles. The van der Waals surface area contributed by atoms with Crippen molar-refractivity contribution in [3.63, 3.8) is 0 Å². The molecule has 2 bridgehead atoms. The number of nitrogens with zero attached hydrogens (tertiary/aromatic N) is 1. The highest BCUT2D eigenvalue weighted by molar-refractivity contribution is 6.39. The number of piperidine rings is 1. The molecule has 0 aromatic carbocycles. The van der Waals surface area contributed by atoms with Gasteiger partial charge in [-0.3, -0.25) is 14.4 Å². The number of carbonyl (C=O) groups excluding carboxylic acids is 5. The van der Waals surface area contributed by atoms with Gasteiger partial charge in [0, 0.05) is 58.4 Å². The van der Waals surface area contributed by atoms with Gasteiger partial charge in [0.05, 0.1) is 50.3 Å². The lowest BCUT2D eigenvalue weighted by Gasteiger charge is -2.43. The van der Waals surface area contributed by atoms with E-state index < -0.39 is 90.0 Å². The molecule has 3 heterocycles. The van der Waals surface area contributed by atoms with Crippen LogP contribution in [0.2, 0.25) is 0 Å². The standard InChI is InChI=1S/C56H90N2O16/c1-34-16-12-11-13-17-35(2)46(71-26-27-72-55(66)57-8)32-42-21-19-40(7)56(67,74-42)52(63)53(64)58-23-15-14-18-43(58)54(65)73-47(37(4)30-41-20-22-45(70-25-24-59)48(31-41)68-9)33-44(60)36(3)29-39(6)50(62)51(69-10)49(61)38(5)28-34/h11-13,16-17,29,34,36-38,40-48,50-51,59-60,62,67H,14-15,18-28,30-33H2,1-10H3,(H,57,66)/b13-11+,16-12+,35-17+,39-29+/t34-,36-,37-,38-,40-,41?,42+,43+,44?,45-,46+,47?,48-,50-,51+,56-/m1/s1. The van der Waals surface area contributed by atoms with Gasteiger partial charge in [0.1, 0.15) is 31.0 Å². The number of amides is 2. The quantitative estimate of drug-likeness (QED) is 0.0680. The zero-order chi connectivity index (χ0) is 54.7. The molecule has 4 aliphatic rings. The number of methoxy groups -OCH3 is 2. The van der Waals surface area contributed by atoms with Gasteiger partial charge in [0.2, 0.25) is 5.79 Å². The Labute approximate surface area is 439 Å². The van der Waals surface area contributed by atoms with E-state index in [0.717, 1.165) is 12.0 Å². The van der Waals surface area contributed by atoms with Gasteiger partial charge in [-0.15, -0.1) is 0 Å². The van der Waals surface area contributed by atoms with Gasteiger partial charge in [-0.25, -0.2) is 9.59 Å². The number of esters is 1. The molecule has 3 fully saturated rings. The molecule has 1 aliphatic carbocycles. The van der Waals surface area contributed by atoms with E-state index in [-0.39, 0.29) is 88.0 Å². The molecule has 74 heavy (non-hydrogen) atoms.